The Morgan fingerprint density at radius 3 is 2.54 bits per heavy atom. The van der Waals surface area contributed by atoms with Gasteiger partial charge in [-0.2, -0.15) is 0 Å². The van der Waals surface area contributed by atoms with E-state index in [0.717, 1.165) is 16.5 Å². The Morgan fingerprint density at radius 2 is 1.83 bits per heavy atom. The lowest BCUT2D eigenvalue weighted by Crippen LogP contribution is -2.17. The fraction of sp³-hybridized carbons (Fsp3) is 0.167. The number of aromatic nitrogens is 1. The fourth-order valence-corrected chi connectivity index (χ4v) is 2.66. The Bertz CT molecular complexity index is 891. The van der Waals surface area contributed by atoms with E-state index >= 15 is 0 Å². The van der Waals surface area contributed by atoms with Gasteiger partial charge < -0.3 is 10.5 Å². The molecule has 2 N–H and O–H groups in total. The summed E-state index contributed by atoms with van der Waals surface area (Å²) in [5.41, 5.74) is 8.78. The summed E-state index contributed by atoms with van der Waals surface area (Å²) < 4.78 is 42.2. The first-order valence-corrected chi connectivity index (χ1v) is 7.33. The average Bonchev–Trinajstić information content (AvgIpc) is 2.53. The highest BCUT2D eigenvalue weighted by molar-refractivity contribution is 5.86. The van der Waals surface area contributed by atoms with E-state index in [9.17, 15) is 13.2 Å². The molecule has 0 amide bonds. The van der Waals surface area contributed by atoms with Crippen molar-refractivity contribution >= 4 is 10.9 Å². The molecule has 0 spiro atoms. The summed E-state index contributed by atoms with van der Waals surface area (Å²) in [5.74, 6) is -0.292. The lowest BCUT2D eigenvalue weighted by molar-refractivity contribution is -0.274. The third-order valence-corrected chi connectivity index (χ3v) is 3.71. The minimum Gasteiger partial charge on any atom is -0.405 e. The van der Waals surface area contributed by atoms with E-state index in [2.05, 4.69) is 9.72 Å². The van der Waals surface area contributed by atoms with Gasteiger partial charge in [0.25, 0.3) is 0 Å². The molecule has 3 nitrogen and oxygen atoms in total. The molecule has 0 bridgehead atoms. The number of fused-ring (bicyclic) bond motifs is 1. The van der Waals surface area contributed by atoms with Gasteiger partial charge in [0, 0.05) is 17.5 Å². The highest BCUT2D eigenvalue weighted by atomic mass is 19.4. The number of alkyl halides is 3. The summed E-state index contributed by atoms with van der Waals surface area (Å²) in [7, 11) is 0. The van der Waals surface area contributed by atoms with Crippen LogP contribution in [-0.4, -0.2) is 11.3 Å². The minimum absolute atomic E-state index is 0.159. The predicted molar refractivity (Wildman–Crippen MR) is 86.5 cm³/mol. The highest BCUT2D eigenvalue weighted by Gasteiger charge is 2.32. The normalized spacial score (nSPS) is 11.7. The standard InChI is InChI=1S/C18H15F3N2O/c1-11-5-4-6-12-9-13(10-22)17(23-16(11)12)14-7-2-3-8-15(14)24-18(19,20)21/h2-9H,10,22H2,1H3. The maximum Gasteiger partial charge on any atom is 0.573 e. The number of nitrogens with zero attached hydrogens (tertiary/aromatic N) is 1. The first-order valence-electron chi connectivity index (χ1n) is 7.33. The molecule has 0 atom stereocenters. The van der Waals surface area contributed by atoms with E-state index in [-0.39, 0.29) is 17.9 Å². The number of aryl methyl sites for hydroxylation is 1. The Morgan fingerprint density at radius 1 is 1.08 bits per heavy atom. The summed E-state index contributed by atoms with van der Waals surface area (Å²) in [4.78, 5) is 4.58. The largest absolute Gasteiger partial charge is 0.573 e. The Labute approximate surface area is 136 Å². The average molecular weight is 332 g/mol. The van der Waals surface area contributed by atoms with Gasteiger partial charge in [-0.15, -0.1) is 13.2 Å². The Balaban J connectivity index is 2.24. The zero-order chi connectivity index (χ0) is 17.3. The number of benzene rings is 2. The summed E-state index contributed by atoms with van der Waals surface area (Å²) in [5, 5.41) is 0.897. The van der Waals surface area contributed by atoms with E-state index in [0.29, 0.717) is 11.3 Å². The molecular formula is C18H15F3N2O. The van der Waals surface area contributed by atoms with Gasteiger partial charge in [-0.05, 0) is 36.2 Å². The van der Waals surface area contributed by atoms with Crippen LogP contribution in [0.2, 0.25) is 0 Å². The van der Waals surface area contributed by atoms with Gasteiger partial charge in [-0.25, -0.2) is 4.98 Å². The van der Waals surface area contributed by atoms with Crippen molar-refractivity contribution in [3.8, 4) is 17.0 Å². The van der Waals surface area contributed by atoms with Gasteiger partial charge >= 0.3 is 6.36 Å². The van der Waals surface area contributed by atoms with E-state index in [1.807, 2.05) is 31.2 Å². The minimum atomic E-state index is -4.77. The van der Waals surface area contributed by atoms with Crippen LogP contribution in [0.3, 0.4) is 0 Å². The van der Waals surface area contributed by atoms with Crippen LogP contribution in [0.4, 0.5) is 13.2 Å². The van der Waals surface area contributed by atoms with E-state index < -0.39 is 6.36 Å². The molecule has 0 aliphatic heterocycles. The molecule has 0 unspecified atom stereocenters. The fourth-order valence-electron chi connectivity index (χ4n) is 2.66. The monoisotopic (exact) mass is 332 g/mol. The zero-order valence-corrected chi connectivity index (χ0v) is 12.9. The van der Waals surface area contributed by atoms with Crippen molar-refractivity contribution in [3.05, 3.63) is 59.7 Å². The smallest absolute Gasteiger partial charge is 0.405 e. The predicted octanol–water partition coefficient (Wildman–Crippen LogP) is 4.57. The van der Waals surface area contributed by atoms with Gasteiger partial charge in [0.1, 0.15) is 5.75 Å². The van der Waals surface area contributed by atoms with Crippen molar-refractivity contribution < 1.29 is 17.9 Å². The molecule has 3 rings (SSSR count). The van der Waals surface area contributed by atoms with Crippen molar-refractivity contribution in [2.45, 2.75) is 19.8 Å². The molecule has 0 saturated heterocycles. The molecular weight excluding hydrogens is 317 g/mol. The lowest BCUT2D eigenvalue weighted by Gasteiger charge is -2.16. The van der Waals surface area contributed by atoms with Crippen molar-refractivity contribution in [1.29, 1.82) is 0 Å². The highest BCUT2D eigenvalue weighted by Crippen LogP contribution is 2.35. The molecule has 6 heteroatoms. The van der Waals surface area contributed by atoms with E-state index in [4.69, 9.17) is 5.73 Å². The van der Waals surface area contributed by atoms with Crippen LogP contribution in [0.15, 0.2) is 48.5 Å². The molecule has 0 aliphatic rings. The molecule has 24 heavy (non-hydrogen) atoms. The lowest BCUT2D eigenvalue weighted by atomic mass is 10.0. The van der Waals surface area contributed by atoms with Gasteiger partial charge in [0.15, 0.2) is 0 Å². The van der Waals surface area contributed by atoms with Crippen LogP contribution >= 0.6 is 0 Å². The van der Waals surface area contributed by atoms with Gasteiger partial charge in [0.2, 0.25) is 0 Å². The maximum atomic E-state index is 12.7. The van der Waals surface area contributed by atoms with Crippen LogP contribution in [0.1, 0.15) is 11.1 Å². The van der Waals surface area contributed by atoms with E-state index in [1.54, 1.807) is 12.1 Å². The maximum absolute atomic E-state index is 12.7. The van der Waals surface area contributed by atoms with E-state index in [1.165, 1.54) is 12.1 Å². The topological polar surface area (TPSA) is 48.1 Å². The number of nitrogens with two attached hydrogens (primary N) is 1. The number of hydrogen-bond acceptors (Lipinski definition) is 3. The second-order valence-corrected chi connectivity index (χ2v) is 5.39. The van der Waals surface area contributed by atoms with Crippen LogP contribution in [0.5, 0.6) is 5.75 Å². The first-order chi connectivity index (χ1) is 11.4. The quantitative estimate of drug-likeness (QED) is 0.764. The third-order valence-electron chi connectivity index (χ3n) is 3.71. The van der Waals surface area contributed by atoms with Crippen LogP contribution in [-0.2, 0) is 6.54 Å². The molecule has 0 saturated carbocycles. The number of ether oxygens (including phenoxy) is 1. The van der Waals surface area contributed by atoms with Crippen LogP contribution < -0.4 is 10.5 Å². The molecule has 1 aromatic heterocycles. The second-order valence-electron chi connectivity index (χ2n) is 5.39. The SMILES string of the molecule is Cc1cccc2cc(CN)c(-c3ccccc3OC(F)(F)F)nc12. The van der Waals surface area contributed by atoms with Crippen LogP contribution in [0.25, 0.3) is 22.2 Å². The van der Waals surface area contributed by atoms with Gasteiger partial charge in [0.05, 0.1) is 11.2 Å². The Kier molecular flexibility index (Phi) is 4.15. The van der Waals surface area contributed by atoms with Crippen molar-refractivity contribution in [1.82, 2.24) is 4.98 Å². The summed E-state index contributed by atoms with van der Waals surface area (Å²) in [6.07, 6.45) is -4.77. The molecule has 3 aromatic rings. The Hall–Kier alpha value is -2.60. The molecule has 124 valence electrons. The van der Waals surface area contributed by atoms with Crippen molar-refractivity contribution in [2.24, 2.45) is 5.73 Å². The molecule has 2 aromatic carbocycles. The number of pyridine rings is 1. The van der Waals surface area contributed by atoms with Gasteiger partial charge in [-0.1, -0.05) is 30.3 Å². The second kappa shape index (κ2) is 6.13. The summed E-state index contributed by atoms with van der Waals surface area (Å²) >= 11 is 0. The number of halogens is 3. The van der Waals surface area contributed by atoms with Gasteiger partial charge in [-0.3, -0.25) is 0 Å². The molecule has 0 radical (unpaired) electrons. The number of rotatable bonds is 3. The third kappa shape index (κ3) is 3.19. The first kappa shape index (κ1) is 16.3. The number of hydrogen-bond donors (Lipinski definition) is 1. The number of para-hydroxylation sites is 2. The summed E-state index contributed by atoms with van der Waals surface area (Å²) in [6, 6.07) is 13.5. The van der Waals surface area contributed by atoms with Crippen molar-refractivity contribution in [2.75, 3.05) is 0 Å². The summed E-state index contributed by atoms with van der Waals surface area (Å²) in [6.45, 7) is 2.06. The zero-order valence-electron chi connectivity index (χ0n) is 12.9. The van der Waals surface area contributed by atoms with Crippen LogP contribution in [0, 0.1) is 6.92 Å². The molecule has 0 aliphatic carbocycles. The molecule has 1 heterocycles. The van der Waals surface area contributed by atoms with Crippen molar-refractivity contribution in [3.63, 3.8) is 0 Å². The molecule has 0 fully saturated rings.